The Labute approximate surface area is 171 Å². The second-order valence-corrected chi connectivity index (χ2v) is 7.92. The molecule has 142 valence electrons. The van der Waals surface area contributed by atoms with Crippen molar-refractivity contribution in [1.29, 1.82) is 0 Å². The van der Waals surface area contributed by atoms with Gasteiger partial charge in [0.05, 0.1) is 51.3 Å². The highest BCUT2D eigenvalue weighted by molar-refractivity contribution is 8.25. The first kappa shape index (κ1) is 21.2. The molecule has 1 aliphatic heterocycles. The molecule has 0 aromatic heterocycles. The van der Waals surface area contributed by atoms with Gasteiger partial charge in [-0.2, -0.15) is 0 Å². The summed E-state index contributed by atoms with van der Waals surface area (Å²) in [6, 6.07) is 0. The van der Waals surface area contributed by atoms with E-state index < -0.39 is 11.9 Å². The van der Waals surface area contributed by atoms with Crippen LogP contribution in [0.2, 0.25) is 0 Å². The van der Waals surface area contributed by atoms with Crippen LogP contribution in [-0.2, 0) is 19.1 Å². The van der Waals surface area contributed by atoms with E-state index in [1.807, 2.05) is 0 Å². The summed E-state index contributed by atoms with van der Waals surface area (Å²) in [6.45, 7) is 3.62. The summed E-state index contributed by atoms with van der Waals surface area (Å²) >= 11 is 11.3. The van der Waals surface area contributed by atoms with Crippen molar-refractivity contribution >= 4 is 60.7 Å². The van der Waals surface area contributed by atoms with Crippen molar-refractivity contribution in [1.82, 2.24) is 0 Å². The number of methoxy groups -OCH3 is 2. The third kappa shape index (κ3) is 3.92. The minimum atomic E-state index is -0.733. The van der Waals surface area contributed by atoms with Gasteiger partial charge in [0.1, 0.15) is 11.5 Å². The zero-order chi connectivity index (χ0) is 19.4. The van der Waals surface area contributed by atoms with Crippen molar-refractivity contribution < 1.29 is 28.5 Å². The number of ether oxygens (including phenoxy) is 4. The molecule has 10 heteroatoms. The van der Waals surface area contributed by atoms with Gasteiger partial charge in [-0.3, -0.25) is 0 Å². The lowest BCUT2D eigenvalue weighted by Gasteiger charge is -2.15. The van der Waals surface area contributed by atoms with Gasteiger partial charge >= 0.3 is 11.9 Å². The Morgan fingerprint density at radius 3 is 1.54 bits per heavy atom. The van der Waals surface area contributed by atoms with Crippen LogP contribution in [0.4, 0.5) is 0 Å². The second-order valence-electron chi connectivity index (χ2n) is 4.73. The van der Waals surface area contributed by atoms with E-state index in [0.717, 1.165) is 0 Å². The van der Waals surface area contributed by atoms with E-state index in [-0.39, 0.29) is 18.8 Å². The third-order valence-corrected chi connectivity index (χ3v) is 6.86. The number of benzene rings is 1. The van der Waals surface area contributed by atoms with Crippen molar-refractivity contribution in [3.05, 3.63) is 9.81 Å². The molecule has 2 rings (SSSR count). The highest BCUT2D eigenvalue weighted by Gasteiger charge is 2.36. The highest BCUT2D eigenvalue weighted by atomic mass is 32.2. The molecule has 1 aromatic rings. The molecule has 0 amide bonds. The molecule has 0 fully saturated rings. The topological polar surface area (TPSA) is 71.1 Å². The van der Waals surface area contributed by atoms with Gasteiger partial charge in [-0.05, 0) is 13.8 Å². The summed E-state index contributed by atoms with van der Waals surface area (Å²) in [7, 11) is 3.03. The van der Waals surface area contributed by atoms with Gasteiger partial charge in [0.15, 0.2) is 5.57 Å². The van der Waals surface area contributed by atoms with Gasteiger partial charge in [0, 0.05) is 0 Å². The summed E-state index contributed by atoms with van der Waals surface area (Å²) in [5, 5.41) is 0. The van der Waals surface area contributed by atoms with E-state index in [4.69, 9.17) is 18.9 Å². The molecule has 1 heterocycles. The molecular weight excluding hydrogens is 416 g/mol. The molecule has 0 spiro atoms. The Balaban J connectivity index is 2.63. The molecule has 0 saturated heterocycles. The number of hydrogen-bond donors (Lipinski definition) is 2. The first-order valence-electron chi connectivity index (χ1n) is 7.55. The van der Waals surface area contributed by atoms with Gasteiger partial charge in [0.2, 0.25) is 0 Å². The van der Waals surface area contributed by atoms with Crippen molar-refractivity contribution in [2.24, 2.45) is 0 Å². The number of esters is 2. The number of fused-ring (bicyclic) bond motifs is 1. The largest absolute Gasteiger partial charge is 0.494 e. The monoisotopic (exact) mass is 434 g/mol. The Kier molecular flexibility index (Phi) is 7.51. The average Bonchev–Trinajstić information content (AvgIpc) is 3.01. The molecular formula is C16H18O6S4. The van der Waals surface area contributed by atoms with Crippen LogP contribution in [0.1, 0.15) is 13.8 Å². The minimum Gasteiger partial charge on any atom is -0.494 e. The first-order valence-corrected chi connectivity index (χ1v) is 10.1. The lowest BCUT2D eigenvalue weighted by Crippen LogP contribution is -2.19. The molecule has 1 aliphatic rings. The summed E-state index contributed by atoms with van der Waals surface area (Å²) in [4.78, 5) is 27.1. The number of carbonyl (C=O) groups excluding carboxylic acids is 2. The molecule has 26 heavy (non-hydrogen) atoms. The standard InChI is InChI=1S/C16H18O6S4/c1-5-21-14(17)7(15(18)22-6-2)16-25-12-8(19-3)10(23)11(24)9(20-4)13(12)26-16/h23-24H,5-6H2,1-4H3. The molecule has 0 saturated carbocycles. The first-order chi connectivity index (χ1) is 12.4. The molecule has 0 radical (unpaired) electrons. The lowest BCUT2D eigenvalue weighted by atomic mass is 10.3. The molecule has 0 atom stereocenters. The van der Waals surface area contributed by atoms with Crippen LogP contribution >= 0.6 is 48.8 Å². The molecule has 0 aliphatic carbocycles. The predicted octanol–water partition coefficient (Wildman–Crippen LogP) is 3.82. The van der Waals surface area contributed by atoms with Crippen LogP contribution in [0.3, 0.4) is 0 Å². The van der Waals surface area contributed by atoms with Gasteiger partial charge in [-0.1, -0.05) is 23.5 Å². The fourth-order valence-electron chi connectivity index (χ4n) is 2.17. The third-order valence-electron chi connectivity index (χ3n) is 3.23. The van der Waals surface area contributed by atoms with E-state index in [9.17, 15) is 9.59 Å². The number of rotatable bonds is 6. The van der Waals surface area contributed by atoms with Crippen molar-refractivity contribution in [2.45, 2.75) is 33.4 Å². The van der Waals surface area contributed by atoms with Gasteiger partial charge in [-0.25, -0.2) is 9.59 Å². The normalized spacial score (nSPS) is 12.5. The lowest BCUT2D eigenvalue weighted by molar-refractivity contribution is -0.146. The summed E-state index contributed by atoms with van der Waals surface area (Å²) < 4.78 is 21.4. The van der Waals surface area contributed by atoms with Crippen LogP contribution in [0.5, 0.6) is 11.5 Å². The summed E-state index contributed by atoms with van der Waals surface area (Å²) in [6.07, 6.45) is 0. The van der Waals surface area contributed by atoms with Crippen molar-refractivity contribution in [3.8, 4) is 11.5 Å². The molecule has 0 bridgehead atoms. The van der Waals surface area contributed by atoms with E-state index in [0.29, 0.717) is 35.3 Å². The molecule has 0 unspecified atom stereocenters. The minimum absolute atomic E-state index is 0.144. The Morgan fingerprint density at radius 1 is 0.846 bits per heavy atom. The van der Waals surface area contributed by atoms with E-state index in [1.54, 1.807) is 13.8 Å². The van der Waals surface area contributed by atoms with Crippen LogP contribution in [-0.4, -0.2) is 39.4 Å². The molecule has 1 aromatic carbocycles. The number of thioether (sulfide) groups is 2. The quantitative estimate of drug-likeness (QED) is 0.230. The van der Waals surface area contributed by atoms with Gasteiger partial charge in [-0.15, -0.1) is 25.3 Å². The second kappa shape index (κ2) is 9.20. The fraction of sp³-hybridized carbons (Fsp3) is 0.375. The van der Waals surface area contributed by atoms with Gasteiger partial charge < -0.3 is 18.9 Å². The van der Waals surface area contributed by atoms with Crippen molar-refractivity contribution in [3.63, 3.8) is 0 Å². The highest BCUT2D eigenvalue weighted by Crippen LogP contribution is 2.62. The van der Waals surface area contributed by atoms with Gasteiger partial charge in [0.25, 0.3) is 0 Å². The Bertz CT molecular complexity index is 714. The maximum atomic E-state index is 12.3. The van der Waals surface area contributed by atoms with Crippen LogP contribution in [0.25, 0.3) is 0 Å². The zero-order valence-corrected chi connectivity index (χ0v) is 18.0. The number of thiol groups is 2. The maximum absolute atomic E-state index is 12.3. The van der Waals surface area contributed by atoms with Crippen LogP contribution in [0, 0.1) is 0 Å². The van der Waals surface area contributed by atoms with Crippen molar-refractivity contribution in [2.75, 3.05) is 27.4 Å². The van der Waals surface area contributed by atoms with Crippen LogP contribution < -0.4 is 9.47 Å². The predicted molar refractivity (Wildman–Crippen MR) is 106 cm³/mol. The number of carbonyl (C=O) groups is 2. The van der Waals surface area contributed by atoms with E-state index in [1.165, 1.54) is 37.7 Å². The average molecular weight is 435 g/mol. The van der Waals surface area contributed by atoms with E-state index >= 15 is 0 Å². The van der Waals surface area contributed by atoms with Crippen LogP contribution in [0.15, 0.2) is 29.4 Å². The smallest absolute Gasteiger partial charge is 0.347 e. The summed E-state index contributed by atoms with van der Waals surface area (Å²) in [5.41, 5.74) is -0.148. The molecule has 0 N–H and O–H groups in total. The Morgan fingerprint density at radius 2 is 1.23 bits per heavy atom. The van der Waals surface area contributed by atoms with E-state index in [2.05, 4.69) is 25.3 Å². The Hall–Kier alpha value is -1.10. The number of hydrogen-bond acceptors (Lipinski definition) is 10. The SMILES string of the molecule is CCOC(=O)C(C(=O)OCC)=C1Sc2c(OC)c(S)c(S)c(OC)c2S1. The molecule has 6 nitrogen and oxygen atoms in total. The summed E-state index contributed by atoms with van der Waals surface area (Å²) in [5.74, 6) is -0.477. The zero-order valence-electron chi connectivity index (χ0n) is 14.6. The fourth-order valence-corrected chi connectivity index (χ4v) is 5.68. The maximum Gasteiger partial charge on any atom is 0.347 e.